The van der Waals surface area contributed by atoms with Gasteiger partial charge in [-0.3, -0.25) is 0 Å². The van der Waals surface area contributed by atoms with E-state index in [1.54, 1.807) is 11.3 Å². The first-order valence-corrected chi connectivity index (χ1v) is 7.48. The summed E-state index contributed by atoms with van der Waals surface area (Å²) in [6.45, 7) is 6.38. The standard InChI is InChI=1S/C15H18N2OS/c1-3-16-15(14-17-11(2)9-19-14)10-18-8-12-6-4-5-7-13(12)15/h4-7,9,16H,3,8,10H2,1-2H3. The fourth-order valence-corrected chi connectivity index (χ4v) is 3.68. The molecule has 0 spiro atoms. The van der Waals surface area contributed by atoms with E-state index in [-0.39, 0.29) is 5.54 Å². The van der Waals surface area contributed by atoms with E-state index in [0.717, 1.165) is 17.2 Å². The van der Waals surface area contributed by atoms with Crippen LogP contribution in [0.4, 0.5) is 0 Å². The SMILES string of the molecule is CCNC1(c2nc(C)cs2)COCc2ccccc21. The van der Waals surface area contributed by atoms with Gasteiger partial charge in [0, 0.05) is 11.1 Å². The van der Waals surface area contributed by atoms with Crippen molar-refractivity contribution in [3.8, 4) is 0 Å². The predicted octanol–water partition coefficient (Wildman–Crippen LogP) is 2.83. The fourth-order valence-electron chi connectivity index (χ4n) is 2.70. The Morgan fingerprint density at radius 3 is 3.00 bits per heavy atom. The number of aryl methyl sites for hydroxylation is 1. The molecule has 0 amide bonds. The zero-order valence-electron chi connectivity index (χ0n) is 11.3. The molecule has 4 heteroatoms. The molecule has 0 fully saturated rings. The monoisotopic (exact) mass is 274 g/mol. The zero-order valence-corrected chi connectivity index (χ0v) is 12.1. The molecule has 0 radical (unpaired) electrons. The summed E-state index contributed by atoms with van der Waals surface area (Å²) >= 11 is 1.70. The lowest BCUT2D eigenvalue weighted by Gasteiger charge is -2.38. The molecule has 2 aromatic rings. The van der Waals surface area contributed by atoms with Crippen LogP contribution in [0.1, 0.15) is 28.8 Å². The highest BCUT2D eigenvalue weighted by Crippen LogP contribution is 2.37. The number of fused-ring (bicyclic) bond motifs is 1. The van der Waals surface area contributed by atoms with Gasteiger partial charge in [0.25, 0.3) is 0 Å². The summed E-state index contributed by atoms with van der Waals surface area (Å²) in [5.74, 6) is 0. The number of hydrogen-bond acceptors (Lipinski definition) is 4. The number of rotatable bonds is 3. The lowest BCUT2D eigenvalue weighted by Crippen LogP contribution is -2.49. The Morgan fingerprint density at radius 2 is 2.26 bits per heavy atom. The maximum absolute atomic E-state index is 5.83. The number of likely N-dealkylation sites (N-methyl/N-ethyl adjacent to an activating group) is 1. The first-order valence-electron chi connectivity index (χ1n) is 6.60. The molecule has 0 bridgehead atoms. The van der Waals surface area contributed by atoms with Crippen LogP contribution >= 0.6 is 11.3 Å². The molecule has 1 N–H and O–H groups in total. The van der Waals surface area contributed by atoms with Gasteiger partial charge in [-0.25, -0.2) is 4.98 Å². The average molecular weight is 274 g/mol. The fraction of sp³-hybridized carbons (Fsp3) is 0.400. The van der Waals surface area contributed by atoms with Crippen LogP contribution in [0.3, 0.4) is 0 Å². The normalized spacial score (nSPS) is 22.2. The third kappa shape index (κ3) is 2.10. The van der Waals surface area contributed by atoms with Gasteiger partial charge in [-0.15, -0.1) is 11.3 Å². The quantitative estimate of drug-likeness (QED) is 0.934. The van der Waals surface area contributed by atoms with Crippen molar-refractivity contribution in [1.82, 2.24) is 10.3 Å². The van der Waals surface area contributed by atoms with Gasteiger partial charge >= 0.3 is 0 Å². The first kappa shape index (κ1) is 12.8. The molecule has 0 aliphatic carbocycles. The van der Waals surface area contributed by atoms with Gasteiger partial charge < -0.3 is 10.1 Å². The van der Waals surface area contributed by atoms with Gasteiger partial charge in [0.05, 0.1) is 13.2 Å². The Balaban J connectivity index is 2.17. The van der Waals surface area contributed by atoms with Crippen LogP contribution in [-0.4, -0.2) is 18.1 Å². The maximum atomic E-state index is 5.83. The van der Waals surface area contributed by atoms with Crippen LogP contribution in [0, 0.1) is 6.92 Å². The summed E-state index contributed by atoms with van der Waals surface area (Å²) in [4.78, 5) is 4.70. The van der Waals surface area contributed by atoms with E-state index in [2.05, 4.69) is 41.9 Å². The van der Waals surface area contributed by atoms with E-state index in [1.165, 1.54) is 11.1 Å². The number of thiazole rings is 1. The van der Waals surface area contributed by atoms with Gasteiger partial charge in [-0.05, 0) is 24.6 Å². The van der Waals surface area contributed by atoms with Crippen molar-refractivity contribution in [3.63, 3.8) is 0 Å². The Kier molecular flexibility index (Phi) is 3.39. The molecule has 1 aliphatic heterocycles. The molecular weight excluding hydrogens is 256 g/mol. The molecule has 0 saturated heterocycles. The summed E-state index contributed by atoms with van der Waals surface area (Å²) in [7, 11) is 0. The maximum Gasteiger partial charge on any atom is 0.120 e. The highest BCUT2D eigenvalue weighted by atomic mass is 32.1. The molecule has 1 unspecified atom stereocenters. The Labute approximate surface area is 117 Å². The van der Waals surface area contributed by atoms with Crippen LogP contribution < -0.4 is 5.32 Å². The molecule has 19 heavy (non-hydrogen) atoms. The van der Waals surface area contributed by atoms with E-state index < -0.39 is 0 Å². The number of nitrogens with one attached hydrogen (secondary N) is 1. The molecule has 2 heterocycles. The van der Waals surface area contributed by atoms with Crippen LogP contribution in [0.15, 0.2) is 29.6 Å². The average Bonchev–Trinajstić information content (AvgIpc) is 2.87. The predicted molar refractivity (Wildman–Crippen MR) is 77.4 cm³/mol. The Bertz CT molecular complexity index is 581. The highest BCUT2D eigenvalue weighted by Gasteiger charge is 2.40. The minimum absolute atomic E-state index is 0.289. The van der Waals surface area contributed by atoms with E-state index >= 15 is 0 Å². The number of hydrogen-bond donors (Lipinski definition) is 1. The second kappa shape index (κ2) is 5.04. The minimum atomic E-state index is -0.289. The molecule has 0 saturated carbocycles. The topological polar surface area (TPSA) is 34.2 Å². The van der Waals surface area contributed by atoms with E-state index in [4.69, 9.17) is 9.72 Å². The third-order valence-corrected chi connectivity index (χ3v) is 4.64. The Hall–Kier alpha value is -1.23. The number of nitrogens with zero attached hydrogens (tertiary/aromatic N) is 1. The van der Waals surface area contributed by atoms with Crippen molar-refractivity contribution in [3.05, 3.63) is 51.5 Å². The highest BCUT2D eigenvalue weighted by molar-refractivity contribution is 7.09. The molecular formula is C15H18N2OS. The van der Waals surface area contributed by atoms with E-state index in [0.29, 0.717) is 13.2 Å². The molecule has 3 rings (SSSR count). The summed E-state index contributed by atoms with van der Waals surface area (Å²) in [6.07, 6.45) is 0. The largest absolute Gasteiger partial charge is 0.374 e. The van der Waals surface area contributed by atoms with Crippen molar-refractivity contribution in [2.75, 3.05) is 13.2 Å². The lowest BCUT2D eigenvalue weighted by atomic mass is 9.85. The third-order valence-electron chi connectivity index (χ3n) is 3.52. The molecule has 100 valence electrons. The summed E-state index contributed by atoms with van der Waals surface area (Å²) in [6, 6.07) is 8.49. The summed E-state index contributed by atoms with van der Waals surface area (Å²) in [5, 5.41) is 6.81. The molecule has 1 aromatic carbocycles. The van der Waals surface area contributed by atoms with Crippen LogP contribution in [-0.2, 0) is 16.9 Å². The zero-order chi connectivity index (χ0) is 13.3. The molecule has 1 atom stereocenters. The van der Waals surface area contributed by atoms with Crippen molar-refractivity contribution in [1.29, 1.82) is 0 Å². The van der Waals surface area contributed by atoms with E-state index in [9.17, 15) is 0 Å². The van der Waals surface area contributed by atoms with Crippen molar-refractivity contribution >= 4 is 11.3 Å². The minimum Gasteiger partial charge on any atom is -0.374 e. The molecule has 3 nitrogen and oxygen atoms in total. The van der Waals surface area contributed by atoms with E-state index in [1.807, 2.05) is 6.92 Å². The van der Waals surface area contributed by atoms with Crippen molar-refractivity contribution in [2.45, 2.75) is 26.0 Å². The van der Waals surface area contributed by atoms with Gasteiger partial charge in [0.15, 0.2) is 0 Å². The number of benzene rings is 1. The summed E-state index contributed by atoms with van der Waals surface area (Å²) < 4.78 is 5.83. The van der Waals surface area contributed by atoms with Crippen molar-refractivity contribution in [2.24, 2.45) is 0 Å². The van der Waals surface area contributed by atoms with Crippen LogP contribution in [0.2, 0.25) is 0 Å². The molecule has 1 aliphatic rings. The summed E-state index contributed by atoms with van der Waals surface area (Å²) in [5.41, 5.74) is 3.34. The number of aromatic nitrogens is 1. The van der Waals surface area contributed by atoms with Gasteiger partial charge in [-0.1, -0.05) is 31.2 Å². The van der Waals surface area contributed by atoms with Crippen LogP contribution in [0.25, 0.3) is 0 Å². The number of ether oxygens (including phenoxy) is 1. The Morgan fingerprint density at radius 1 is 1.42 bits per heavy atom. The smallest absolute Gasteiger partial charge is 0.120 e. The van der Waals surface area contributed by atoms with Crippen molar-refractivity contribution < 1.29 is 4.74 Å². The van der Waals surface area contributed by atoms with Gasteiger partial charge in [0.1, 0.15) is 10.5 Å². The second-order valence-electron chi connectivity index (χ2n) is 4.88. The molecule has 1 aromatic heterocycles. The van der Waals surface area contributed by atoms with Gasteiger partial charge in [-0.2, -0.15) is 0 Å². The first-order chi connectivity index (χ1) is 9.26. The van der Waals surface area contributed by atoms with Gasteiger partial charge in [0.2, 0.25) is 0 Å². The van der Waals surface area contributed by atoms with Crippen LogP contribution in [0.5, 0.6) is 0 Å². The lowest BCUT2D eigenvalue weighted by molar-refractivity contribution is 0.0530. The second-order valence-corrected chi connectivity index (χ2v) is 5.74.